The van der Waals surface area contributed by atoms with Gasteiger partial charge in [0.1, 0.15) is 0 Å². The van der Waals surface area contributed by atoms with Crippen molar-refractivity contribution < 1.29 is 29.6 Å². The smallest absolute Gasteiger partial charge is 0.262 e. The van der Waals surface area contributed by atoms with Gasteiger partial charge in [0.25, 0.3) is 0 Å². The van der Waals surface area contributed by atoms with E-state index < -0.39 is 12.1 Å². The second-order valence-corrected chi connectivity index (χ2v) is 10.1. The molecule has 39 heavy (non-hydrogen) atoms. The molecule has 0 heterocycles. The molecule has 0 unspecified atom stereocenters. The van der Waals surface area contributed by atoms with Crippen LogP contribution in [-0.4, -0.2) is 53.8 Å². The van der Waals surface area contributed by atoms with Gasteiger partial charge in [-0.25, -0.2) is 0 Å². The van der Waals surface area contributed by atoms with Crippen LogP contribution in [0.3, 0.4) is 0 Å². The number of hydrogen-bond acceptors (Lipinski definition) is 6. The Bertz CT molecular complexity index is 1170. The van der Waals surface area contributed by atoms with Crippen molar-refractivity contribution in [2.45, 2.75) is 43.2 Å². The van der Waals surface area contributed by atoms with Crippen molar-refractivity contribution >= 4 is 0 Å². The molecule has 0 spiro atoms. The summed E-state index contributed by atoms with van der Waals surface area (Å²) in [6.45, 7) is 0.855. The van der Waals surface area contributed by atoms with Crippen molar-refractivity contribution in [1.82, 2.24) is 15.0 Å². The average Bonchev–Trinajstić information content (AvgIpc) is 3.76. The molecule has 1 aliphatic carbocycles. The van der Waals surface area contributed by atoms with Crippen LogP contribution in [0.15, 0.2) is 107 Å². The first-order chi connectivity index (χ1) is 18.6. The Hall–Kier alpha value is -3.14. The van der Waals surface area contributed by atoms with Gasteiger partial charge in [0.15, 0.2) is 0 Å². The van der Waals surface area contributed by atoms with Crippen molar-refractivity contribution in [3.05, 3.63) is 122 Å². The van der Waals surface area contributed by atoms with Crippen molar-refractivity contribution in [2.75, 3.05) is 26.7 Å². The number of hydrogen-bond donors (Lipinski definition) is 0. The molecule has 3 aromatic rings. The third kappa shape index (κ3) is 8.42. The molecule has 0 saturated heterocycles. The van der Waals surface area contributed by atoms with Crippen molar-refractivity contribution in [3.8, 4) is 0 Å². The van der Waals surface area contributed by atoms with Crippen LogP contribution in [-0.2, 0) is 18.3 Å². The summed E-state index contributed by atoms with van der Waals surface area (Å²) in [5, 5.41) is 14.2. The first-order valence-electron chi connectivity index (χ1n) is 12.9. The fourth-order valence-electron chi connectivity index (χ4n) is 5.12. The number of rotatable bonds is 16. The SMILES string of the molecule is CN(C[C@H](Cc1ccccc1)N(C[C@H](Cc1ccccc1)N(CC1(c2ccccc2)CC1)N=O)N=O)N=O.[Na+]. The largest absolute Gasteiger partial charge is 1.00 e. The van der Waals surface area contributed by atoms with E-state index >= 15 is 0 Å². The molecule has 0 aliphatic heterocycles. The van der Waals surface area contributed by atoms with Crippen LogP contribution in [0.2, 0.25) is 0 Å². The van der Waals surface area contributed by atoms with Crippen molar-refractivity contribution in [2.24, 2.45) is 15.9 Å². The van der Waals surface area contributed by atoms with E-state index in [4.69, 9.17) is 0 Å². The molecular formula is C29H34N6NaO3+. The third-order valence-electron chi connectivity index (χ3n) is 7.40. The van der Waals surface area contributed by atoms with Gasteiger partial charge in [-0.15, -0.1) is 14.7 Å². The predicted molar refractivity (Wildman–Crippen MR) is 149 cm³/mol. The minimum atomic E-state index is -0.423. The molecular weight excluding hydrogens is 503 g/mol. The molecule has 1 fully saturated rings. The van der Waals surface area contributed by atoms with Crippen LogP contribution in [0.5, 0.6) is 0 Å². The molecule has 4 rings (SSSR count). The summed E-state index contributed by atoms with van der Waals surface area (Å²) in [5.74, 6) is 0. The molecule has 10 heteroatoms. The molecule has 1 saturated carbocycles. The summed E-state index contributed by atoms with van der Waals surface area (Å²) in [5.41, 5.74) is 3.11. The standard InChI is InChI=1S/C29H34N6O3.Na/c1-33(30-36)21-27(19-24-11-5-2-6-12-24)34(31-37)22-28(20-25-13-7-3-8-14-25)35(32-38)23-29(17-18-29)26-15-9-4-10-16-26;/h2-16,27-28H,17-23H2,1H3;/q;+1/t27-,28-;/m0./s1. The van der Waals surface area contributed by atoms with Gasteiger partial charge in [-0.1, -0.05) is 91.0 Å². The summed E-state index contributed by atoms with van der Waals surface area (Å²) in [7, 11) is 1.57. The molecule has 0 N–H and O–H groups in total. The second-order valence-electron chi connectivity index (χ2n) is 10.1. The second kappa shape index (κ2) is 14.9. The third-order valence-corrected chi connectivity index (χ3v) is 7.40. The van der Waals surface area contributed by atoms with Gasteiger partial charge < -0.3 is 0 Å². The summed E-state index contributed by atoms with van der Waals surface area (Å²) in [4.78, 5) is 35.8. The van der Waals surface area contributed by atoms with Gasteiger partial charge in [-0.2, -0.15) is 0 Å². The summed E-state index contributed by atoms with van der Waals surface area (Å²) >= 11 is 0. The molecule has 1 aliphatic rings. The Morgan fingerprint density at radius 1 is 0.667 bits per heavy atom. The topological polar surface area (TPSA) is 98.0 Å². The average molecular weight is 538 g/mol. The fourth-order valence-corrected chi connectivity index (χ4v) is 5.12. The van der Waals surface area contributed by atoms with Crippen LogP contribution in [0.1, 0.15) is 29.5 Å². The zero-order chi connectivity index (χ0) is 26.8. The van der Waals surface area contributed by atoms with Crippen molar-refractivity contribution in [3.63, 3.8) is 0 Å². The van der Waals surface area contributed by atoms with E-state index in [1.165, 1.54) is 15.6 Å². The predicted octanol–water partition coefficient (Wildman–Crippen LogP) is 2.52. The van der Waals surface area contributed by atoms with E-state index in [0.29, 0.717) is 19.4 Å². The number of nitrogens with zero attached hydrogens (tertiary/aromatic N) is 6. The van der Waals surface area contributed by atoms with Crippen LogP contribution >= 0.6 is 0 Å². The molecule has 0 amide bonds. The van der Waals surface area contributed by atoms with Crippen LogP contribution in [0.25, 0.3) is 0 Å². The molecule has 0 bridgehead atoms. The summed E-state index contributed by atoms with van der Waals surface area (Å²) < 4.78 is 0. The van der Waals surface area contributed by atoms with Gasteiger partial charge in [0, 0.05) is 19.0 Å². The maximum atomic E-state index is 12.3. The van der Waals surface area contributed by atoms with E-state index in [0.717, 1.165) is 24.0 Å². The van der Waals surface area contributed by atoms with E-state index in [2.05, 4.69) is 28.0 Å². The Morgan fingerprint density at radius 2 is 1.13 bits per heavy atom. The zero-order valence-electron chi connectivity index (χ0n) is 22.7. The summed E-state index contributed by atoms with van der Waals surface area (Å²) in [6, 6.07) is 29.0. The first kappa shape index (κ1) is 30.4. The fraction of sp³-hybridized carbons (Fsp3) is 0.379. The maximum absolute atomic E-state index is 12.3. The van der Waals surface area contributed by atoms with Crippen LogP contribution < -0.4 is 29.6 Å². The van der Waals surface area contributed by atoms with Gasteiger partial charge in [0.2, 0.25) is 0 Å². The number of likely N-dealkylation sites (N-methyl/N-ethyl adjacent to an activating group) is 1. The van der Waals surface area contributed by atoms with E-state index in [1.54, 1.807) is 12.1 Å². The van der Waals surface area contributed by atoms with Crippen LogP contribution in [0, 0.1) is 14.7 Å². The number of nitroso groups, excluding NO2 is 3. The molecule has 9 nitrogen and oxygen atoms in total. The van der Waals surface area contributed by atoms with Gasteiger partial charge in [0.05, 0.1) is 41.0 Å². The Kier molecular flexibility index (Phi) is 11.6. The van der Waals surface area contributed by atoms with E-state index in [1.807, 2.05) is 78.9 Å². The minimum absolute atomic E-state index is 0. The molecule has 0 aromatic heterocycles. The molecule has 0 radical (unpaired) electrons. The first-order valence-corrected chi connectivity index (χ1v) is 12.9. The van der Waals surface area contributed by atoms with Crippen molar-refractivity contribution in [1.29, 1.82) is 0 Å². The Labute approximate surface area is 251 Å². The van der Waals surface area contributed by atoms with Gasteiger partial charge in [-0.3, -0.25) is 15.0 Å². The van der Waals surface area contributed by atoms with Gasteiger partial charge in [-0.05, 0) is 42.4 Å². The Morgan fingerprint density at radius 3 is 1.56 bits per heavy atom. The Balaban J connectivity index is 0.00000420. The molecule has 3 aromatic carbocycles. The quantitative estimate of drug-likeness (QED) is 0.158. The summed E-state index contributed by atoms with van der Waals surface area (Å²) in [6.07, 6.45) is 2.96. The maximum Gasteiger partial charge on any atom is 1.00 e. The molecule has 2 atom stereocenters. The van der Waals surface area contributed by atoms with E-state index in [9.17, 15) is 14.7 Å². The zero-order valence-corrected chi connectivity index (χ0v) is 24.7. The van der Waals surface area contributed by atoms with E-state index in [-0.39, 0.29) is 48.1 Å². The number of benzene rings is 3. The monoisotopic (exact) mass is 537 g/mol. The van der Waals surface area contributed by atoms with Crippen LogP contribution in [0.4, 0.5) is 0 Å². The minimum Gasteiger partial charge on any atom is -0.262 e. The molecule has 198 valence electrons. The van der Waals surface area contributed by atoms with Gasteiger partial charge >= 0.3 is 29.6 Å². The normalized spacial score (nSPS) is 14.7.